The molecule has 0 radical (unpaired) electrons. The lowest BCUT2D eigenvalue weighted by Gasteiger charge is -2.38. The van der Waals surface area contributed by atoms with Crippen molar-refractivity contribution in [1.82, 2.24) is 30.0 Å². The molecule has 0 bridgehead atoms. The highest BCUT2D eigenvalue weighted by Gasteiger charge is 2.66. The third-order valence-corrected chi connectivity index (χ3v) is 8.40. The van der Waals surface area contributed by atoms with Gasteiger partial charge in [-0.15, -0.1) is 5.06 Å². The van der Waals surface area contributed by atoms with Crippen LogP contribution in [0.2, 0.25) is 0 Å². The molecular weight excluding hydrogens is 643 g/mol. The number of ether oxygens (including phenoxy) is 1. The molecule has 3 aliphatic rings. The second-order valence-corrected chi connectivity index (χ2v) is 13.0. The topological polar surface area (TPSA) is 112 Å². The molecule has 2 aliphatic heterocycles. The molecule has 2 aromatic carbocycles. The van der Waals surface area contributed by atoms with Crippen LogP contribution in [0, 0.1) is 5.82 Å². The standard InChI is InChI=1S/C32H33F5N6O5/c1-18(32(35,36)37)41(14-19-5-8-22(33)9-6-19)26(44)16-42-28(46)39-31(43-29(42)48-43)12-25(34)23-11-20(7-10-24(23)31)21-13-38-40(15-21)17-27(45)47-30(2,3)4/h5-11,13,15,18,25,29H,12,14,16-17H2,1-4H3,(H,39,46)/t18-,25+,29?,31+,43?/m0/s1. The monoisotopic (exact) mass is 676 g/mol. The Morgan fingerprint density at radius 3 is 2.50 bits per heavy atom. The number of amides is 3. The zero-order chi connectivity index (χ0) is 34.8. The molecule has 3 aromatic rings. The van der Waals surface area contributed by atoms with Crippen LogP contribution in [0.3, 0.4) is 0 Å². The smallest absolute Gasteiger partial charge is 0.408 e. The molecule has 1 N–H and O–H groups in total. The number of carbonyl (C=O) groups excluding carboxylic acids is 3. The van der Waals surface area contributed by atoms with Gasteiger partial charge in [0.05, 0.1) is 6.20 Å². The van der Waals surface area contributed by atoms with Crippen LogP contribution in [-0.2, 0) is 37.9 Å². The summed E-state index contributed by atoms with van der Waals surface area (Å²) >= 11 is 0. The predicted octanol–water partition coefficient (Wildman–Crippen LogP) is 5.13. The van der Waals surface area contributed by atoms with Crippen molar-refractivity contribution in [2.24, 2.45) is 0 Å². The van der Waals surface area contributed by atoms with Gasteiger partial charge in [0, 0.05) is 30.3 Å². The first kappa shape index (κ1) is 33.3. The molecule has 48 heavy (non-hydrogen) atoms. The van der Waals surface area contributed by atoms with Gasteiger partial charge in [0.15, 0.2) is 5.66 Å². The summed E-state index contributed by atoms with van der Waals surface area (Å²) in [6.45, 7) is 4.74. The number of urea groups is 1. The van der Waals surface area contributed by atoms with Gasteiger partial charge in [-0.05, 0) is 62.6 Å². The minimum atomic E-state index is -4.77. The number of benzene rings is 2. The predicted molar refractivity (Wildman–Crippen MR) is 158 cm³/mol. The van der Waals surface area contributed by atoms with E-state index in [9.17, 15) is 31.9 Å². The Labute approximate surface area is 272 Å². The number of rotatable bonds is 8. The molecule has 3 amide bonds. The number of fused-ring (bicyclic) bond motifs is 4. The molecule has 11 nitrogen and oxygen atoms in total. The summed E-state index contributed by atoms with van der Waals surface area (Å²) < 4.78 is 77.0. The minimum absolute atomic E-state index is 0.116. The number of hydrogen-bond acceptors (Lipinski definition) is 7. The first-order chi connectivity index (χ1) is 22.4. The summed E-state index contributed by atoms with van der Waals surface area (Å²) in [4.78, 5) is 46.1. The molecule has 1 spiro atoms. The van der Waals surface area contributed by atoms with E-state index in [1.807, 2.05) is 0 Å². The third-order valence-electron chi connectivity index (χ3n) is 8.40. The maximum absolute atomic E-state index is 15.6. The number of carbonyl (C=O) groups is 3. The van der Waals surface area contributed by atoms with Crippen molar-refractivity contribution in [1.29, 1.82) is 0 Å². The number of nitrogens with one attached hydrogen (secondary N) is 1. The van der Waals surface area contributed by atoms with Crippen LogP contribution in [0.25, 0.3) is 11.1 Å². The van der Waals surface area contributed by atoms with Crippen molar-refractivity contribution in [3.05, 3.63) is 77.4 Å². The van der Waals surface area contributed by atoms with E-state index >= 15 is 4.39 Å². The lowest BCUT2D eigenvalue weighted by Crippen LogP contribution is -2.63. The summed E-state index contributed by atoms with van der Waals surface area (Å²) in [6.07, 6.45) is -4.47. The summed E-state index contributed by atoms with van der Waals surface area (Å²) in [5, 5.41) is 8.25. The number of aromatic nitrogens is 2. The van der Waals surface area contributed by atoms with Crippen molar-refractivity contribution < 1.29 is 45.9 Å². The second kappa shape index (κ2) is 11.8. The summed E-state index contributed by atoms with van der Waals surface area (Å²) in [6, 6.07) is 6.63. The van der Waals surface area contributed by atoms with Crippen LogP contribution in [0.15, 0.2) is 54.9 Å². The van der Waals surface area contributed by atoms with Gasteiger partial charge in [-0.3, -0.25) is 19.2 Å². The Balaban J connectivity index is 1.17. The highest BCUT2D eigenvalue weighted by atomic mass is 19.4. The van der Waals surface area contributed by atoms with E-state index in [1.165, 1.54) is 28.1 Å². The van der Waals surface area contributed by atoms with Gasteiger partial charge >= 0.3 is 18.2 Å². The van der Waals surface area contributed by atoms with E-state index in [0.29, 0.717) is 21.6 Å². The molecule has 1 aromatic heterocycles. The van der Waals surface area contributed by atoms with E-state index in [0.717, 1.165) is 24.0 Å². The third kappa shape index (κ3) is 6.45. The molecule has 1 aliphatic carbocycles. The Bertz CT molecular complexity index is 1740. The molecule has 16 heteroatoms. The van der Waals surface area contributed by atoms with E-state index in [2.05, 4.69) is 10.4 Å². The molecule has 2 unspecified atom stereocenters. The number of esters is 1. The fourth-order valence-corrected chi connectivity index (χ4v) is 6.02. The van der Waals surface area contributed by atoms with E-state index in [-0.39, 0.29) is 24.1 Å². The first-order valence-corrected chi connectivity index (χ1v) is 15.1. The van der Waals surface area contributed by atoms with Crippen molar-refractivity contribution >= 4 is 17.9 Å². The van der Waals surface area contributed by atoms with Gasteiger partial charge in [-0.1, -0.05) is 24.3 Å². The van der Waals surface area contributed by atoms with Crippen LogP contribution < -0.4 is 5.32 Å². The number of alkyl halides is 4. The maximum atomic E-state index is 15.6. The summed E-state index contributed by atoms with van der Waals surface area (Å²) in [5.74, 6) is -2.07. The fraction of sp³-hybridized carbons (Fsp3) is 0.438. The molecule has 256 valence electrons. The normalized spacial score (nSPS) is 23.7. The van der Waals surface area contributed by atoms with E-state index in [4.69, 9.17) is 9.57 Å². The molecule has 3 heterocycles. The minimum Gasteiger partial charge on any atom is -0.459 e. The van der Waals surface area contributed by atoms with E-state index < -0.39 is 72.8 Å². The van der Waals surface area contributed by atoms with Gasteiger partial charge in [-0.25, -0.2) is 18.4 Å². The average Bonchev–Trinajstić information content (AvgIpc) is 3.59. The molecule has 0 saturated carbocycles. The van der Waals surface area contributed by atoms with Crippen molar-refractivity contribution in [2.45, 2.75) is 83.2 Å². The highest BCUT2D eigenvalue weighted by molar-refractivity contribution is 5.86. The van der Waals surface area contributed by atoms with Crippen LogP contribution in [0.1, 0.15) is 57.0 Å². The molecule has 2 saturated heterocycles. The van der Waals surface area contributed by atoms with Crippen LogP contribution in [0.5, 0.6) is 0 Å². The number of hydroxylamine groups is 2. The molecular formula is C32H33F5N6O5. The Morgan fingerprint density at radius 2 is 1.83 bits per heavy atom. The van der Waals surface area contributed by atoms with Gasteiger partial charge in [-0.2, -0.15) is 18.3 Å². The van der Waals surface area contributed by atoms with Crippen molar-refractivity contribution in [3.63, 3.8) is 0 Å². The SMILES string of the molecule is C[C@H](N(Cc1ccc(F)cc1)C(=O)CN1C(=O)N[C@]2(C[C@@H](F)c3cc(-c4cnn(CC(=O)OC(C)(C)C)c4)ccc32)N2OC12)C(F)(F)F. The number of hydrogen-bond donors (Lipinski definition) is 1. The highest BCUT2D eigenvalue weighted by Crippen LogP contribution is 2.54. The fourth-order valence-electron chi connectivity index (χ4n) is 6.02. The Morgan fingerprint density at radius 1 is 1.12 bits per heavy atom. The quantitative estimate of drug-likeness (QED) is 0.200. The lowest BCUT2D eigenvalue weighted by atomic mass is 9.97. The zero-order valence-electron chi connectivity index (χ0n) is 26.4. The van der Waals surface area contributed by atoms with Gasteiger partial charge in [0.2, 0.25) is 12.3 Å². The second-order valence-electron chi connectivity index (χ2n) is 13.0. The van der Waals surface area contributed by atoms with Crippen molar-refractivity contribution in [3.8, 4) is 11.1 Å². The summed E-state index contributed by atoms with van der Waals surface area (Å²) in [7, 11) is 0. The number of halogens is 5. The van der Waals surface area contributed by atoms with E-state index in [1.54, 1.807) is 45.2 Å². The Kier molecular flexibility index (Phi) is 8.22. The molecule has 6 rings (SSSR count). The van der Waals surface area contributed by atoms with Gasteiger partial charge < -0.3 is 15.0 Å². The molecule has 2 fully saturated rings. The van der Waals surface area contributed by atoms with Crippen LogP contribution >= 0.6 is 0 Å². The zero-order valence-corrected chi connectivity index (χ0v) is 26.4. The maximum Gasteiger partial charge on any atom is 0.408 e. The van der Waals surface area contributed by atoms with Gasteiger partial charge in [0.25, 0.3) is 0 Å². The first-order valence-electron chi connectivity index (χ1n) is 15.1. The van der Waals surface area contributed by atoms with Crippen molar-refractivity contribution in [2.75, 3.05) is 6.54 Å². The van der Waals surface area contributed by atoms with Crippen LogP contribution in [-0.4, -0.2) is 73.3 Å². The van der Waals surface area contributed by atoms with Gasteiger partial charge in [0.1, 0.15) is 36.7 Å². The number of nitrogens with zero attached hydrogens (tertiary/aromatic N) is 5. The van der Waals surface area contributed by atoms with Crippen LogP contribution in [0.4, 0.5) is 26.7 Å². The summed E-state index contributed by atoms with van der Waals surface area (Å²) in [5.41, 5.74) is 0.132. The molecule has 5 atom stereocenters. The average molecular weight is 677 g/mol. The Hall–Kier alpha value is -4.57. The lowest BCUT2D eigenvalue weighted by molar-refractivity contribution is -0.187. The largest absolute Gasteiger partial charge is 0.459 e.